The number of aryl methyl sites for hydroxylation is 1. The Kier molecular flexibility index (Phi) is 7.25. The zero-order valence-electron chi connectivity index (χ0n) is 19.2. The molecule has 9 heteroatoms. The van der Waals surface area contributed by atoms with Crippen molar-refractivity contribution in [2.24, 2.45) is 0 Å². The highest BCUT2D eigenvalue weighted by atomic mass is 19.3. The van der Waals surface area contributed by atoms with Gasteiger partial charge in [-0.05, 0) is 53.4 Å². The summed E-state index contributed by atoms with van der Waals surface area (Å²) in [4.78, 5) is 0. The quantitative estimate of drug-likeness (QED) is 0.174. The molecule has 192 valence electrons. The highest BCUT2D eigenvalue weighted by Crippen LogP contribution is 2.35. The lowest BCUT2D eigenvalue weighted by atomic mass is 9.97. The fourth-order valence-electron chi connectivity index (χ4n) is 3.82. The minimum absolute atomic E-state index is 0.0493. The van der Waals surface area contributed by atoms with E-state index < -0.39 is 52.3 Å². The van der Waals surface area contributed by atoms with Gasteiger partial charge in [0.25, 0.3) is 0 Å². The smallest absolute Gasteiger partial charge is 0.426 e. The topological polar surface area (TPSA) is 9.23 Å². The Labute approximate surface area is 207 Å². The van der Waals surface area contributed by atoms with Gasteiger partial charge in [0.15, 0.2) is 29.1 Å². The first-order valence-corrected chi connectivity index (χ1v) is 11.1. The summed E-state index contributed by atoms with van der Waals surface area (Å²) in [5.41, 5.74) is -0.706. The minimum Gasteiger partial charge on any atom is -0.429 e. The maximum atomic E-state index is 14.9. The summed E-state index contributed by atoms with van der Waals surface area (Å²) in [6, 6.07) is 11.5. The molecule has 0 atom stereocenters. The number of alkyl halides is 2. The highest BCUT2D eigenvalue weighted by Gasteiger charge is 2.36. The molecule has 0 amide bonds. The van der Waals surface area contributed by atoms with Crippen LogP contribution in [0.25, 0.3) is 22.3 Å². The molecule has 0 aliphatic heterocycles. The first-order chi connectivity index (χ1) is 17.5. The van der Waals surface area contributed by atoms with Gasteiger partial charge in [-0.3, -0.25) is 0 Å². The molecule has 0 saturated heterocycles. The molecule has 1 nitrogen and oxygen atoms in total. The van der Waals surface area contributed by atoms with Gasteiger partial charge < -0.3 is 4.74 Å². The van der Waals surface area contributed by atoms with Gasteiger partial charge in [-0.25, -0.2) is 26.3 Å². The van der Waals surface area contributed by atoms with Crippen LogP contribution in [-0.4, -0.2) is 0 Å². The molecule has 0 saturated carbocycles. The average Bonchev–Trinajstić information content (AvgIpc) is 2.85. The molecule has 0 heterocycles. The number of benzene rings is 4. The summed E-state index contributed by atoms with van der Waals surface area (Å²) in [5, 5.41) is 0. The van der Waals surface area contributed by atoms with E-state index in [9.17, 15) is 35.1 Å². The SMILES string of the molecule is CCCc1ccc(-c2ccc(-c3ccc(OC(F)(F)c4cc(F)c(F)c(F)c4)cc3)c(F)c2)c(F)c1F. The van der Waals surface area contributed by atoms with E-state index >= 15 is 0 Å². The molecule has 37 heavy (non-hydrogen) atoms. The van der Waals surface area contributed by atoms with E-state index in [-0.39, 0.29) is 39.9 Å². The predicted molar refractivity (Wildman–Crippen MR) is 122 cm³/mol. The first-order valence-electron chi connectivity index (χ1n) is 11.1. The number of ether oxygens (including phenoxy) is 1. The molecule has 0 aromatic heterocycles. The van der Waals surface area contributed by atoms with Gasteiger partial charge in [0.05, 0.1) is 5.56 Å². The van der Waals surface area contributed by atoms with Gasteiger partial charge in [0.1, 0.15) is 11.6 Å². The van der Waals surface area contributed by atoms with E-state index in [0.29, 0.717) is 12.8 Å². The van der Waals surface area contributed by atoms with Gasteiger partial charge in [0, 0.05) is 11.1 Å². The van der Waals surface area contributed by atoms with E-state index in [1.165, 1.54) is 36.4 Å². The second-order valence-corrected chi connectivity index (χ2v) is 8.24. The number of hydrogen-bond donors (Lipinski definition) is 0. The highest BCUT2D eigenvalue weighted by molar-refractivity contribution is 5.72. The van der Waals surface area contributed by atoms with Crippen LogP contribution >= 0.6 is 0 Å². The van der Waals surface area contributed by atoms with E-state index in [1.54, 1.807) is 0 Å². The number of halogens is 8. The molecule has 0 fully saturated rings. The van der Waals surface area contributed by atoms with Crippen LogP contribution in [0.2, 0.25) is 0 Å². The predicted octanol–water partition coefficient (Wildman–Crippen LogP) is 8.94. The summed E-state index contributed by atoms with van der Waals surface area (Å²) >= 11 is 0. The third-order valence-corrected chi connectivity index (χ3v) is 5.69. The minimum atomic E-state index is -4.20. The Bertz CT molecular complexity index is 1420. The van der Waals surface area contributed by atoms with E-state index in [1.807, 2.05) is 6.92 Å². The molecule has 0 aliphatic rings. The number of rotatable bonds is 7. The number of hydrogen-bond acceptors (Lipinski definition) is 1. The third-order valence-electron chi connectivity index (χ3n) is 5.69. The standard InChI is InChI=1S/C28H18F8O/c1-2-3-16-6-11-21(26(33)25(16)32)17-7-10-20(22(29)12-17)15-4-8-19(9-5-15)37-28(35,36)18-13-23(30)27(34)24(31)14-18/h4-14H,2-3H2,1H3. The van der Waals surface area contributed by atoms with Crippen molar-refractivity contribution in [1.82, 2.24) is 0 Å². The van der Waals surface area contributed by atoms with Gasteiger partial charge in [-0.1, -0.05) is 49.7 Å². The average molecular weight is 522 g/mol. The lowest BCUT2D eigenvalue weighted by molar-refractivity contribution is -0.185. The maximum Gasteiger partial charge on any atom is 0.426 e. The van der Waals surface area contributed by atoms with E-state index in [0.717, 1.165) is 18.2 Å². The second-order valence-electron chi connectivity index (χ2n) is 8.24. The molecule has 4 aromatic carbocycles. The molecular weight excluding hydrogens is 504 g/mol. The third kappa shape index (κ3) is 5.30. The fourth-order valence-corrected chi connectivity index (χ4v) is 3.82. The van der Waals surface area contributed by atoms with Gasteiger partial charge in [0.2, 0.25) is 0 Å². The largest absolute Gasteiger partial charge is 0.429 e. The Hall–Kier alpha value is -3.88. The van der Waals surface area contributed by atoms with Crippen LogP contribution in [0.15, 0.2) is 66.7 Å². The molecule has 0 spiro atoms. The van der Waals surface area contributed by atoms with Crippen LogP contribution in [0.1, 0.15) is 24.5 Å². The summed E-state index contributed by atoms with van der Waals surface area (Å²) < 4.78 is 117. The van der Waals surface area contributed by atoms with E-state index in [2.05, 4.69) is 4.74 Å². The van der Waals surface area contributed by atoms with Gasteiger partial charge >= 0.3 is 6.11 Å². The molecule has 0 unspecified atom stereocenters. The maximum absolute atomic E-state index is 14.9. The summed E-state index contributed by atoms with van der Waals surface area (Å²) in [6.07, 6.45) is -3.21. The summed E-state index contributed by atoms with van der Waals surface area (Å²) in [5.74, 6) is -8.74. The fraction of sp³-hybridized carbons (Fsp3) is 0.143. The normalized spacial score (nSPS) is 11.6. The van der Waals surface area contributed by atoms with Gasteiger partial charge in [-0.15, -0.1) is 0 Å². The molecule has 0 aliphatic carbocycles. The van der Waals surface area contributed by atoms with Crippen LogP contribution in [0, 0.1) is 34.9 Å². The molecule has 4 rings (SSSR count). The van der Waals surface area contributed by atoms with Crippen molar-refractivity contribution in [1.29, 1.82) is 0 Å². The Morgan fingerprint density at radius 3 is 1.81 bits per heavy atom. The zero-order valence-corrected chi connectivity index (χ0v) is 19.2. The van der Waals surface area contributed by atoms with Gasteiger partial charge in [-0.2, -0.15) is 8.78 Å². The van der Waals surface area contributed by atoms with Crippen LogP contribution in [0.3, 0.4) is 0 Å². The van der Waals surface area contributed by atoms with Crippen LogP contribution in [0.5, 0.6) is 5.75 Å². The molecular formula is C28H18F8O. The Morgan fingerprint density at radius 1 is 0.622 bits per heavy atom. The molecule has 0 N–H and O–H groups in total. The van der Waals surface area contributed by atoms with Crippen LogP contribution in [-0.2, 0) is 12.5 Å². The van der Waals surface area contributed by atoms with Crippen LogP contribution < -0.4 is 4.74 Å². The van der Waals surface area contributed by atoms with Crippen molar-refractivity contribution in [3.05, 3.63) is 113 Å². The van der Waals surface area contributed by atoms with Crippen molar-refractivity contribution >= 4 is 0 Å². The lowest BCUT2D eigenvalue weighted by Crippen LogP contribution is -2.22. The lowest BCUT2D eigenvalue weighted by Gasteiger charge is -2.19. The summed E-state index contributed by atoms with van der Waals surface area (Å²) in [7, 11) is 0. The van der Waals surface area contributed by atoms with E-state index in [4.69, 9.17) is 0 Å². The summed E-state index contributed by atoms with van der Waals surface area (Å²) in [6.45, 7) is 1.83. The zero-order chi connectivity index (χ0) is 26.9. The van der Waals surface area contributed by atoms with Crippen molar-refractivity contribution < 1.29 is 39.9 Å². The van der Waals surface area contributed by atoms with Crippen LogP contribution in [0.4, 0.5) is 35.1 Å². The molecule has 0 bridgehead atoms. The monoisotopic (exact) mass is 522 g/mol. The van der Waals surface area contributed by atoms with Crippen molar-refractivity contribution in [2.45, 2.75) is 25.9 Å². The molecule has 4 aromatic rings. The van der Waals surface area contributed by atoms with Crippen molar-refractivity contribution in [2.75, 3.05) is 0 Å². The Morgan fingerprint density at radius 2 is 1.22 bits per heavy atom. The Balaban J connectivity index is 1.56. The second kappa shape index (κ2) is 10.2. The van der Waals surface area contributed by atoms with Crippen molar-refractivity contribution in [3.8, 4) is 28.0 Å². The van der Waals surface area contributed by atoms with Crippen molar-refractivity contribution in [3.63, 3.8) is 0 Å². The first kappa shape index (κ1) is 26.2. The molecule has 0 radical (unpaired) electrons.